The van der Waals surface area contributed by atoms with Gasteiger partial charge in [0, 0.05) is 6.07 Å². The molecule has 4 nitrogen and oxygen atoms in total. The Morgan fingerprint density at radius 2 is 2.00 bits per heavy atom. The highest BCUT2D eigenvalue weighted by Crippen LogP contribution is 2.22. The number of anilines is 1. The highest BCUT2D eigenvalue weighted by atomic mass is 16.5. The van der Waals surface area contributed by atoms with Crippen molar-refractivity contribution >= 4 is 5.69 Å². The maximum Gasteiger partial charge on any atom is 0.240 e. The molecule has 1 aromatic heterocycles. The summed E-state index contributed by atoms with van der Waals surface area (Å²) in [5, 5.41) is 0. The summed E-state index contributed by atoms with van der Waals surface area (Å²) in [5.74, 6) is 1.57. The van der Waals surface area contributed by atoms with Crippen LogP contribution in [0.2, 0.25) is 0 Å². The summed E-state index contributed by atoms with van der Waals surface area (Å²) in [6, 6.07) is 3.50. The fourth-order valence-electron chi connectivity index (χ4n) is 1.58. The van der Waals surface area contributed by atoms with Gasteiger partial charge in [0.1, 0.15) is 0 Å². The number of pyridine rings is 1. The minimum Gasteiger partial charge on any atom is -0.479 e. The van der Waals surface area contributed by atoms with E-state index in [4.69, 9.17) is 15.2 Å². The maximum atomic E-state index is 5.68. The fourth-order valence-corrected chi connectivity index (χ4v) is 1.58. The summed E-state index contributed by atoms with van der Waals surface area (Å²) >= 11 is 0. The van der Waals surface area contributed by atoms with E-state index in [0.29, 0.717) is 23.4 Å². The molecule has 1 aromatic rings. The molecule has 0 fully saturated rings. The molecule has 1 heterocycles. The van der Waals surface area contributed by atoms with Crippen molar-refractivity contribution in [3.05, 3.63) is 12.1 Å². The average molecular weight is 224 g/mol. The molecule has 4 heteroatoms. The Kier molecular flexibility index (Phi) is 4.40. The molecule has 16 heavy (non-hydrogen) atoms. The highest BCUT2D eigenvalue weighted by molar-refractivity contribution is 5.49. The Morgan fingerprint density at radius 3 is 2.56 bits per heavy atom. The lowest BCUT2D eigenvalue weighted by molar-refractivity contribution is 0.184. The molecule has 1 rings (SSSR count). The first-order chi connectivity index (χ1) is 7.52. The van der Waals surface area contributed by atoms with Crippen LogP contribution in [-0.2, 0) is 0 Å². The van der Waals surface area contributed by atoms with Gasteiger partial charge < -0.3 is 15.2 Å². The molecule has 0 amide bonds. The molecule has 0 aromatic carbocycles. The average Bonchev–Trinajstić information content (AvgIpc) is 2.19. The van der Waals surface area contributed by atoms with Crippen LogP contribution in [0.15, 0.2) is 12.1 Å². The molecule has 1 unspecified atom stereocenters. The molecule has 0 aliphatic rings. The topological polar surface area (TPSA) is 57.4 Å². The van der Waals surface area contributed by atoms with Gasteiger partial charge in [-0.05, 0) is 25.3 Å². The van der Waals surface area contributed by atoms with Crippen LogP contribution in [0.25, 0.3) is 0 Å². The number of nitrogens with two attached hydrogens (primary N) is 1. The van der Waals surface area contributed by atoms with Crippen molar-refractivity contribution in [2.45, 2.75) is 33.3 Å². The van der Waals surface area contributed by atoms with E-state index in [-0.39, 0.29) is 6.10 Å². The van der Waals surface area contributed by atoms with E-state index < -0.39 is 0 Å². The molecule has 1 atom stereocenters. The molecular formula is C12H20N2O2. The fraction of sp³-hybridized carbons (Fsp3) is 0.583. The monoisotopic (exact) mass is 224 g/mol. The molecule has 0 saturated heterocycles. The molecule has 0 aliphatic heterocycles. The number of hydrogen-bond donors (Lipinski definition) is 1. The normalized spacial score (nSPS) is 12.6. The minimum absolute atomic E-state index is 0.140. The molecule has 0 bridgehead atoms. The van der Waals surface area contributed by atoms with Gasteiger partial charge in [-0.2, -0.15) is 4.98 Å². The van der Waals surface area contributed by atoms with Crippen molar-refractivity contribution in [2.24, 2.45) is 5.92 Å². The number of nitrogens with zero attached hydrogens (tertiary/aromatic N) is 1. The van der Waals surface area contributed by atoms with Crippen molar-refractivity contribution < 1.29 is 9.47 Å². The third-order valence-electron chi connectivity index (χ3n) is 2.18. The van der Waals surface area contributed by atoms with Crippen molar-refractivity contribution in [3.63, 3.8) is 0 Å². The van der Waals surface area contributed by atoms with E-state index in [0.717, 1.165) is 6.42 Å². The number of methoxy groups -OCH3 is 1. The van der Waals surface area contributed by atoms with E-state index in [2.05, 4.69) is 18.8 Å². The molecule has 0 spiro atoms. The van der Waals surface area contributed by atoms with Crippen LogP contribution in [0.1, 0.15) is 27.2 Å². The smallest absolute Gasteiger partial charge is 0.240 e. The lowest BCUT2D eigenvalue weighted by atomic mass is 10.1. The summed E-state index contributed by atoms with van der Waals surface area (Å²) < 4.78 is 10.7. The largest absolute Gasteiger partial charge is 0.479 e. The zero-order valence-corrected chi connectivity index (χ0v) is 10.4. The summed E-state index contributed by atoms with van der Waals surface area (Å²) in [4.78, 5) is 4.17. The third-order valence-corrected chi connectivity index (χ3v) is 2.18. The Hall–Kier alpha value is -1.45. The van der Waals surface area contributed by atoms with Gasteiger partial charge in [0.2, 0.25) is 11.8 Å². The van der Waals surface area contributed by atoms with Crippen LogP contribution in [0.4, 0.5) is 5.69 Å². The summed E-state index contributed by atoms with van der Waals surface area (Å²) in [6.07, 6.45) is 1.13. The summed E-state index contributed by atoms with van der Waals surface area (Å²) in [6.45, 7) is 6.36. The Labute approximate surface area is 96.8 Å². The van der Waals surface area contributed by atoms with Crippen LogP contribution >= 0.6 is 0 Å². The van der Waals surface area contributed by atoms with Gasteiger partial charge >= 0.3 is 0 Å². The molecule has 0 saturated carbocycles. The van der Waals surface area contributed by atoms with Gasteiger partial charge in [0.05, 0.1) is 18.9 Å². The summed E-state index contributed by atoms with van der Waals surface area (Å²) in [7, 11) is 1.54. The van der Waals surface area contributed by atoms with E-state index in [9.17, 15) is 0 Å². The van der Waals surface area contributed by atoms with Crippen LogP contribution in [0.5, 0.6) is 11.8 Å². The van der Waals surface area contributed by atoms with Gasteiger partial charge in [0.15, 0.2) is 0 Å². The van der Waals surface area contributed by atoms with Gasteiger partial charge in [-0.3, -0.25) is 0 Å². The first-order valence-electron chi connectivity index (χ1n) is 5.50. The molecular weight excluding hydrogens is 204 g/mol. The number of nitrogen functional groups attached to an aromatic ring is 1. The number of hydrogen-bond acceptors (Lipinski definition) is 4. The minimum atomic E-state index is 0.140. The summed E-state index contributed by atoms with van der Waals surface area (Å²) in [5.41, 5.74) is 6.19. The molecule has 90 valence electrons. The number of aromatic nitrogens is 1. The number of rotatable bonds is 5. The van der Waals surface area contributed by atoms with Crippen molar-refractivity contribution in [1.82, 2.24) is 4.98 Å². The lowest BCUT2D eigenvalue weighted by Crippen LogP contribution is -2.15. The molecule has 0 aliphatic carbocycles. The van der Waals surface area contributed by atoms with E-state index in [1.165, 1.54) is 0 Å². The van der Waals surface area contributed by atoms with Gasteiger partial charge in [-0.15, -0.1) is 0 Å². The van der Waals surface area contributed by atoms with Crippen LogP contribution in [0, 0.1) is 5.92 Å². The van der Waals surface area contributed by atoms with E-state index in [1.54, 1.807) is 19.2 Å². The predicted molar refractivity (Wildman–Crippen MR) is 64.7 cm³/mol. The Morgan fingerprint density at radius 1 is 1.31 bits per heavy atom. The molecule has 0 radical (unpaired) electrons. The Bertz CT molecular complexity index is 340. The van der Waals surface area contributed by atoms with Gasteiger partial charge in [0.25, 0.3) is 0 Å². The first-order valence-corrected chi connectivity index (χ1v) is 5.50. The third kappa shape index (κ3) is 3.61. The quantitative estimate of drug-likeness (QED) is 0.834. The van der Waals surface area contributed by atoms with Gasteiger partial charge in [-0.1, -0.05) is 13.8 Å². The SMILES string of the molecule is COc1nc(OC(C)CC(C)C)ccc1N. The van der Waals surface area contributed by atoms with E-state index in [1.807, 2.05) is 6.92 Å². The maximum absolute atomic E-state index is 5.68. The predicted octanol–water partition coefficient (Wildman–Crippen LogP) is 2.49. The standard InChI is InChI=1S/C12H20N2O2/c1-8(2)7-9(3)16-11-6-5-10(13)12(14-11)15-4/h5-6,8-9H,7,13H2,1-4H3. The van der Waals surface area contributed by atoms with Crippen molar-refractivity contribution in [1.29, 1.82) is 0 Å². The zero-order valence-electron chi connectivity index (χ0n) is 10.4. The molecule has 2 N–H and O–H groups in total. The first kappa shape index (κ1) is 12.6. The van der Waals surface area contributed by atoms with Gasteiger partial charge in [-0.25, -0.2) is 0 Å². The lowest BCUT2D eigenvalue weighted by Gasteiger charge is -2.16. The Balaban J connectivity index is 2.67. The van der Waals surface area contributed by atoms with Crippen molar-refractivity contribution in [3.8, 4) is 11.8 Å². The number of ether oxygens (including phenoxy) is 2. The second-order valence-corrected chi connectivity index (χ2v) is 4.31. The van der Waals surface area contributed by atoms with E-state index >= 15 is 0 Å². The highest BCUT2D eigenvalue weighted by Gasteiger charge is 2.09. The van der Waals surface area contributed by atoms with Crippen molar-refractivity contribution in [2.75, 3.05) is 12.8 Å². The second kappa shape index (κ2) is 5.58. The second-order valence-electron chi connectivity index (χ2n) is 4.31. The zero-order chi connectivity index (χ0) is 12.1. The van der Waals surface area contributed by atoms with Crippen LogP contribution < -0.4 is 15.2 Å². The van der Waals surface area contributed by atoms with Crippen LogP contribution in [0.3, 0.4) is 0 Å². The van der Waals surface area contributed by atoms with Crippen LogP contribution in [-0.4, -0.2) is 18.2 Å².